The van der Waals surface area contributed by atoms with Crippen LogP contribution in [0.25, 0.3) is 0 Å². The molecule has 102 valence electrons. The smallest absolute Gasteiger partial charge is 0.323 e. The van der Waals surface area contributed by atoms with Crippen molar-refractivity contribution in [2.45, 2.75) is 20.5 Å². The van der Waals surface area contributed by atoms with E-state index in [1.54, 1.807) is 11.3 Å². The lowest BCUT2D eigenvalue weighted by Crippen LogP contribution is -2.25. The molecule has 0 saturated carbocycles. The summed E-state index contributed by atoms with van der Waals surface area (Å²) in [5.74, 6) is 0.733. The second-order valence-corrected chi connectivity index (χ2v) is 4.85. The third-order valence-electron chi connectivity index (χ3n) is 2.59. The van der Waals surface area contributed by atoms with E-state index >= 15 is 0 Å². The van der Waals surface area contributed by atoms with Crippen LogP contribution in [0.2, 0.25) is 0 Å². The van der Waals surface area contributed by atoms with Gasteiger partial charge in [0.25, 0.3) is 0 Å². The van der Waals surface area contributed by atoms with Gasteiger partial charge < -0.3 is 15.4 Å². The summed E-state index contributed by atoms with van der Waals surface area (Å²) in [5.41, 5.74) is 5.69. The molecule has 0 fully saturated rings. The molecule has 2 heterocycles. The van der Waals surface area contributed by atoms with Gasteiger partial charge in [-0.3, -0.25) is 0 Å². The second kappa shape index (κ2) is 6.33. The number of hydrogen-bond acceptors (Lipinski definition) is 7. The van der Waals surface area contributed by atoms with E-state index in [0.717, 1.165) is 18.0 Å². The molecule has 0 unspecified atom stereocenters. The van der Waals surface area contributed by atoms with Crippen LogP contribution in [0.5, 0.6) is 6.01 Å². The van der Waals surface area contributed by atoms with E-state index in [0.29, 0.717) is 12.6 Å². The molecule has 0 spiro atoms. The summed E-state index contributed by atoms with van der Waals surface area (Å²) in [5, 5.41) is 2.00. The van der Waals surface area contributed by atoms with Crippen LogP contribution >= 0.6 is 11.3 Å². The molecule has 2 rings (SSSR count). The minimum Gasteiger partial charge on any atom is -0.458 e. The molecule has 19 heavy (non-hydrogen) atoms. The highest BCUT2D eigenvalue weighted by molar-refractivity contribution is 7.09. The van der Waals surface area contributed by atoms with Gasteiger partial charge in [0, 0.05) is 18.0 Å². The summed E-state index contributed by atoms with van der Waals surface area (Å²) in [4.78, 5) is 15.5. The molecule has 0 aromatic carbocycles. The van der Waals surface area contributed by atoms with Crippen LogP contribution in [0.4, 0.5) is 11.9 Å². The van der Waals surface area contributed by atoms with Crippen molar-refractivity contribution in [1.29, 1.82) is 0 Å². The molecule has 2 N–H and O–H groups in total. The van der Waals surface area contributed by atoms with Gasteiger partial charge in [0.1, 0.15) is 6.61 Å². The maximum atomic E-state index is 5.69. The highest BCUT2D eigenvalue weighted by Crippen LogP contribution is 2.16. The SMILES string of the molecule is CCN(CC)c1nc(N)nc(OCc2cccs2)n1. The normalized spacial score (nSPS) is 10.4. The number of nitrogens with two attached hydrogens (primary N) is 1. The Morgan fingerprint density at radius 2 is 2.05 bits per heavy atom. The maximum absolute atomic E-state index is 5.69. The highest BCUT2D eigenvalue weighted by Gasteiger charge is 2.10. The minimum atomic E-state index is 0.179. The summed E-state index contributed by atoms with van der Waals surface area (Å²) in [7, 11) is 0. The number of nitrogens with zero attached hydrogens (tertiary/aromatic N) is 4. The van der Waals surface area contributed by atoms with E-state index in [2.05, 4.69) is 15.0 Å². The number of rotatable bonds is 6. The molecule has 0 radical (unpaired) electrons. The Labute approximate surface area is 116 Å². The monoisotopic (exact) mass is 279 g/mol. The molecule has 7 heteroatoms. The summed E-state index contributed by atoms with van der Waals surface area (Å²) >= 11 is 1.63. The molecule has 0 atom stereocenters. The maximum Gasteiger partial charge on any atom is 0.323 e. The van der Waals surface area contributed by atoms with E-state index in [9.17, 15) is 0 Å². The van der Waals surface area contributed by atoms with Gasteiger partial charge in [-0.2, -0.15) is 15.0 Å². The number of ether oxygens (including phenoxy) is 1. The van der Waals surface area contributed by atoms with Crippen LogP contribution in [0, 0.1) is 0 Å². The van der Waals surface area contributed by atoms with Crippen LogP contribution < -0.4 is 15.4 Å². The van der Waals surface area contributed by atoms with E-state index < -0.39 is 0 Å². The second-order valence-electron chi connectivity index (χ2n) is 3.82. The number of anilines is 2. The fourth-order valence-corrected chi connectivity index (χ4v) is 2.22. The molecule has 0 aliphatic heterocycles. The molecule has 6 nitrogen and oxygen atoms in total. The van der Waals surface area contributed by atoms with E-state index in [1.807, 2.05) is 36.3 Å². The lowest BCUT2D eigenvalue weighted by Gasteiger charge is -2.18. The fourth-order valence-electron chi connectivity index (χ4n) is 1.60. The van der Waals surface area contributed by atoms with Crippen LogP contribution in [-0.2, 0) is 6.61 Å². The first-order valence-electron chi connectivity index (χ1n) is 6.14. The average molecular weight is 279 g/mol. The Hall–Kier alpha value is -1.89. The quantitative estimate of drug-likeness (QED) is 0.870. The van der Waals surface area contributed by atoms with Crippen molar-refractivity contribution < 1.29 is 4.74 Å². The van der Waals surface area contributed by atoms with Crippen LogP contribution in [0.1, 0.15) is 18.7 Å². The first-order valence-corrected chi connectivity index (χ1v) is 7.02. The molecule has 0 amide bonds. The summed E-state index contributed by atoms with van der Waals surface area (Å²) in [6.45, 7) is 6.14. The Kier molecular flexibility index (Phi) is 4.51. The third kappa shape index (κ3) is 3.54. The number of hydrogen-bond donors (Lipinski definition) is 1. The predicted molar refractivity (Wildman–Crippen MR) is 76.5 cm³/mol. The highest BCUT2D eigenvalue weighted by atomic mass is 32.1. The zero-order valence-electron chi connectivity index (χ0n) is 11.0. The van der Waals surface area contributed by atoms with E-state index in [-0.39, 0.29) is 12.0 Å². The molecular weight excluding hydrogens is 262 g/mol. The standard InChI is InChI=1S/C12H17N5OS/c1-3-17(4-2)11-14-10(13)15-12(16-11)18-8-9-6-5-7-19-9/h5-7H,3-4,8H2,1-2H3,(H2,13,14,15,16). The first-order chi connectivity index (χ1) is 9.22. The number of thiophene rings is 1. The minimum absolute atomic E-state index is 0.179. The lowest BCUT2D eigenvalue weighted by atomic mass is 10.5. The Morgan fingerprint density at radius 3 is 2.68 bits per heavy atom. The predicted octanol–water partition coefficient (Wildman–Crippen LogP) is 1.94. The molecule has 2 aromatic rings. The van der Waals surface area contributed by atoms with Crippen molar-refractivity contribution in [3.8, 4) is 6.01 Å². The van der Waals surface area contributed by atoms with Crippen molar-refractivity contribution in [3.63, 3.8) is 0 Å². The van der Waals surface area contributed by atoms with Crippen molar-refractivity contribution in [2.75, 3.05) is 23.7 Å². The average Bonchev–Trinajstić information content (AvgIpc) is 2.90. The molecule has 0 saturated heterocycles. The lowest BCUT2D eigenvalue weighted by molar-refractivity contribution is 0.283. The fraction of sp³-hybridized carbons (Fsp3) is 0.417. The number of nitrogen functional groups attached to an aromatic ring is 1. The molecule has 0 bridgehead atoms. The summed E-state index contributed by atoms with van der Waals surface area (Å²) in [6.07, 6.45) is 0. The van der Waals surface area contributed by atoms with Crippen molar-refractivity contribution >= 4 is 23.2 Å². The topological polar surface area (TPSA) is 77.2 Å². The Morgan fingerprint density at radius 1 is 1.26 bits per heavy atom. The summed E-state index contributed by atoms with van der Waals surface area (Å²) < 4.78 is 5.55. The van der Waals surface area contributed by atoms with Gasteiger partial charge in [-0.15, -0.1) is 11.3 Å². The zero-order chi connectivity index (χ0) is 13.7. The molecular formula is C12H17N5OS. The van der Waals surface area contributed by atoms with Gasteiger partial charge in [-0.1, -0.05) is 6.07 Å². The Balaban J connectivity index is 2.12. The molecule has 0 aliphatic carbocycles. The van der Waals surface area contributed by atoms with Crippen molar-refractivity contribution in [2.24, 2.45) is 0 Å². The van der Waals surface area contributed by atoms with Gasteiger partial charge in [-0.05, 0) is 25.3 Å². The van der Waals surface area contributed by atoms with Crippen LogP contribution in [0.15, 0.2) is 17.5 Å². The van der Waals surface area contributed by atoms with Gasteiger partial charge in [0.2, 0.25) is 11.9 Å². The molecule has 0 aliphatic rings. The van der Waals surface area contributed by atoms with Crippen LogP contribution in [0.3, 0.4) is 0 Å². The first kappa shape index (κ1) is 13.5. The largest absolute Gasteiger partial charge is 0.458 e. The number of aromatic nitrogens is 3. The van der Waals surface area contributed by atoms with Gasteiger partial charge in [0.15, 0.2) is 0 Å². The van der Waals surface area contributed by atoms with E-state index in [1.165, 1.54) is 0 Å². The van der Waals surface area contributed by atoms with Crippen molar-refractivity contribution in [3.05, 3.63) is 22.4 Å². The molecule has 2 aromatic heterocycles. The van der Waals surface area contributed by atoms with Gasteiger partial charge in [-0.25, -0.2) is 0 Å². The van der Waals surface area contributed by atoms with Gasteiger partial charge >= 0.3 is 6.01 Å². The zero-order valence-corrected chi connectivity index (χ0v) is 11.9. The van der Waals surface area contributed by atoms with Crippen molar-refractivity contribution in [1.82, 2.24) is 15.0 Å². The van der Waals surface area contributed by atoms with Gasteiger partial charge in [0.05, 0.1) is 0 Å². The summed E-state index contributed by atoms with van der Waals surface area (Å²) in [6, 6.07) is 4.25. The van der Waals surface area contributed by atoms with Crippen LogP contribution in [-0.4, -0.2) is 28.0 Å². The third-order valence-corrected chi connectivity index (χ3v) is 3.44. The van der Waals surface area contributed by atoms with E-state index in [4.69, 9.17) is 10.5 Å². The Bertz CT molecular complexity index is 513.